The molecule has 0 spiro atoms. The van der Waals surface area contributed by atoms with Crippen molar-refractivity contribution in [2.24, 2.45) is 0 Å². The Morgan fingerprint density at radius 3 is 3.16 bits per heavy atom. The van der Waals surface area contributed by atoms with Crippen LogP contribution in [0.4, 0.5) is 11.6 Å². The number of imidazole rings is 1. The second kappa shape index (κ2) is 4.70. The molecule has 1 atom stereocenters. The van der Waals surface area contributed by atoms with E-state index in [0.717, 1.165) is 43.3 Å². The van der Waals surface area contributed by atoms with Gasteiger partial charge in [0, 0.05) is 32.6 Å². The Bertz CT molecular complexity index is 573. The third-order valence-corrected chi connectivity index (χ3v) is 3.56. The van der Waals surface area contributed by atoms with Gasteiger partial charge in [0.15, 0.2) is 11.5 Å². The Morgan fingerprint density at radius 1 is 1.53 bits per heavy atom. The summed E-state index contributed by atoms with van der Waals surface area (Å²) in [7, 11) is 1.86. The predicted octanol–water partition coefficient (Wildman–Crippen LogP) is 1.75. The first-order valence-corrected chi connectivity index (χ1v) is 6.59. The summed E-state index contributed by atoms with van der Waals surface area (Å²) in [5.41, 5.74) is 0.738. The topological polar surface area (TPSA) is 63.5 Å². The summed E-state index contributed by atoms with van der Waals surface area (Å²) in [5.74, 6) is 1.60. The van der Waals surface area contributed by atoms with Crippen LogP contribution in [0.5, 0.6) is 0 Å². The molecule has 19 heavy (non-hydrogen) atoms. The molecule has 3 heterocycles. The number of nitrogens with zero attached hydrogens (tertiary/aromatic N) is 3. The molecule has 6 heteroatoms. The van der Waals surface area contributed by atoms with Crippen LogP contribution in [0.25, 0.3) is 5.65 Å². The van der Waals surface area contributed by atoms with Gasteiger partial charge >= 0.3 is 0 Å². The Morgan fingerprint density at radius 2 is 2.42 bits per heavy atom. The van der Waals surface area contributed by atoms with Crippen LogP contribution in [0.1, 0.15) is 19.8 Å². The van der Waals surface area contributed by atoms with E-state index in [4.69, 9.17) is 4.74 Å². The van der Waals surface area contributed by atoms with Crippen LogP contribution in [0.15, 0.2) is 18.6 Å². The molecule has 2 N–H and O–H groups in total. The third-order valence-electron chi connectivity index (χ3n) is 3.56. The summed E-state index contributed by atoms with van der Waals surface area (Å²) in [6.45, 7) is 3.73. The molecule has 1 aliphatic heterocycles. The van der Waals surface area contributed by atoms with Crippen LogP contribution >= 0.6 is 0 Å². The van der Waals surface area contributed by atoms with Crippen LogP contribution in [-0.4, -0.2) is 40.2 Å². The molecule has 1 saturated heterocycles. The van der Waals surface area contributed by atoms with E-state index in [1.54, 1.807) is 6.20 Å². The number of aromatic nitrogens is 3. The minimum Gasteiger partial charge on any atom is -0.373 e. The van der Waals surface area contributed by atoms with Crippen molar-refractivity contribution in [1.82, 2.24) is 14.4 Å². The second-order valence-corrected chi connectivity index (χ2v) is 5.14. The Hall–Kier alpha value is -1.82. The molecule has 0 aliphatic carbocycles. The van der Waals surface area contributed by atoms with Gasteiger partial charge in [0.05, 0.1) is 11.8 Å². The number of rotatable bonds is 4. The predicted molar refractivity (Wildman–Crippen MR) is 74.6 cm³/mol. The molecule has 2 aromatic rings. The summed E-state index contributed by atoms with van der Waals surface area (Å²) in [4.78, 5) is 8.85. The maximum Gasteiger partial charge on any atom is 0.180 e. The van der Waals surface area contributed by atoms with E-state index >= 15 is 0 Å². The van der Waals surface area contributed by atoms with Gasteiger partial charge in [-0.3, -0.25) is 0 Å². The molecule has 0 aromatic carbocycles. The van der Waals surface area contributed by atoms with Crippen molar-refractivity contribution in [2.45, 2.75) is 25.4 Å². The molecular formula is C13H19N5O. The number of ether oxygens (including phenoxy) is 1. The molecule has 1 unspecified atom stereocenters. The smallest absolute Gasteiger partial charge is 0.180 e. The first-order valence-electron chi connectivity index (χ1n) is 6.59. The van der Waals surface area contributed by atoms with E-state index < -0.39 is 0 Å². The van der Waals surface area contributed by atoms with E-state index in [1.807, 2.05) is 23.8 Å². The van der Waals surface area contributed by atoms with Crippen molar-refractivity contribution in [2.75, 3.05) is 30.8 Å². The van der Waals surface area contributed by atoms with Gasteiger partial charge in [-0.05, 0) is 19.8 Å². The average Bonchev–Trinajstić information content (AvgIpc) is 3.04. The second-order valence-electron chi connectivity index (χ2n) is 5.14. The van der Waals surface area contributed by atoms with Crippen molar-refractivity contribution in [1.29, 1.82) is 0 Å². The maximum absolute atomic E-state index is 5.78. The highest BCUT2D eigenvalue weighted by molar-refractivity contribution is 5.65. The number of hydrogen-bond donors (Lipinski definition) is 2. The van der Waals surface area contributed by atoms with Crippen LogP contribution in [-0.2, 0) is 4.74 Å². The molecule has 3 rings (SSSR count). The van der Waals surface area contributed by atoms with Crippen LogP contribution in [0.3, 0.4) is 0 Å². The van der Waals surface area contributed by atoms with Gasteiger partial charge in [-0.1, -0.05) is 0 Å². The van der Waals surface area contributed by atoms with Crippen LogP contribution < -0.4 is 10.6 Å². The van der Waals surface area contributed by atoms with E-state index in [2.05, 4.69) is 27.5 Å². The molecular weight excluding hydrogens is 242 g/mol. The zero-order valence-corrected chi connectivity index (χ0v) is 11.3. The molecule has 0 amide bonds. The maximum atomic E-state index is 5.78. The van der Waals surface area contributed by atoms with E-state index in [0.29, 0.717) is 0 Å². The fourth-order valence-electron chi connectivity index (χ4n) is 2.42. The van der Waals surface area contributed by atoms with E-state index in [9.17, 15) is 0 Å². The Kier molecular flexibility index (Phi) is 3.02. The van der Waals surface area contributed by atoms with Crippen LogP contribution in [0.2, 0.25) is 0 Å². The molecule has 1 aliphatic rings. The lowest BCUT2D eigenvalue weighted by Gasteiger charge is -2.23. The largest absolute Gasteiger partial charge is 0.373 e. The summed E-state index contributed by atoms with van der Waals surface area (Å²) in [5, 5.41) is 6.43. The van der Waals surface area contributed by atoms with Crippen LogP contribution in [0, 0.1) is 0 Å². The quantitative estimate of drug-likeness (QED) is 0.878. The van der Waals surface area contributed by atoms with Gasteiger partial charge in [-0.15, -0.1) is 0 Å². The zero-order valence-electron chi connectivity index (χ0n) is 11.3. The fourth-order valence-corrected chi connectivity index (χ4v) is 2.42. The molecule has 0 radical (unpaired) electrons. The lowest BCUT2D eigenvalue weighted by atomic mass is 10.0. The van der Waals surface area contributed by atoms with E-state index in [1.165, 1.54) is 0 Å². The first-order chi connectivity index (χ1) is 9.20. The van der Waals surface area contributed by atoms with E-state index in [-0.39, 0.29) is 5.60 Å². The summed E-state index contributed by atoms with van der Waals surface area (Å²) >= 11 is 0. The number of fused-ring (bicyclic) bond motifs is 1. The summed E-state index contributed by atoms with van der Waals surface area (Å²) in [6.07, 6.45) is 7.81. The molecule has 1 fully saturated rings. The zero-order chi connectivity index (χ0) is 13.3. The third kappa shape index (κ3) is 2.35. The van der Waals surface area contributed by atoms with Gasteiger partial charge < -0.3 is 19.8 Å². The number of anilines is 2. The lowest BCUT2D eigenvalue weighted by molar-refractivity contribution is 0.0315. The monoisotopic (exact) mass is 261 g/mol. The van der Waals surface area contributed by atoms with Gasteiger partial charge in [0.25, 0.3) is 0 Å². The lowest BCUT2D eigenvalue weighted by Crippen LogP contribution is -2.33. The number of nitrogens with one attached hydrogen (secondary N) is 2. The van der Waals surface area contributed by atoms with Gasteiger partial charge in [-0.2, -0.15) is 0 Å². The Balaban J connectivity index is 1.85. The molecule has 0 bridgehead atoms. The minimum absolute atomic E-state index is 0.0963. The van der Waals surface area contributed by atoms with Gasteiger partial charge in [-0.25, -0.2) is 9.97 Å². The fraction of sp³-hybridized carbons (Fsp3) is 0.538. The normalized spacial score (nSPS) is 22.8. The molecule has 2 aromatic heterocycles. The molecule has 102 valence electrons. The average molecular weight is 261 g/mol. The van der Waals surface area contributed by atoms with Crippen molar-refractivity contribution in [3.8, 4) is 0 Å². The summed E-state index contributed by atoms with van der Waals surface area (Å²) in [6, 6.07) is 0. The van der Waals surface area contributed by atoms with Gasteiger partial charge in [0.1, 0.15) is 5.82 Å². The minimum atomic E-state index is -0.0963. The standard InChI is InChI=1S/C13H19N5O/c1-13(4-3-7-19-13)9-16-11-12-15-5-6-18(12)8-10(14-2)17-11/h5-6,8,14H,3-4,7,9H2,1-2H3,(H,16,17). The van der Waals surface area contributed by atoms with Crippen molar-refractivity contribution < 1.29 is 4.74 Å². The highest BCUT2D eigenvalue weighted by atomic mass is 16.5. The van der Waals surface area contributed by atoms with Crippen molar-refractivity contribution >= 4 is 17.3 Å². The SMILES string of the molecule is CNc1cn2ccnc2c(NCC2(C)CCCO2)n1. The first kappa shape index (κ1) is 12.2. The van der Waals surface area contributed by atoms with Crippen molar-refractivity contribution in [3.05, 3.63) is 18.6 Å². The van der Waals surface area contributed by atoms with Gasteiger partial charge in [0.2, 0.25) is 0 Å². The molecule has 6 nitrogen and oxygen atoms in total. The molecule has 0 saturated carbocycles. The summed E-state index contributed by atoms with van der Waals surface area (Å²) < 4.78 is 7.74. The highest BCUT2D eigenvalue weighted by Crippen LogP contribution is 2.26. The Labute approximate surface area is 112 Å². The highest BCUT2D eigenvalue weighted by Gasteiger charge is 2.29. The van der Waals surface area contributed by atoms with Crippen molar-refractivity contribution in [3.63, 3.8) is 0 Å². The number of hydrogen-bond acceptors (Lipinski definition) is 5.